The third-order valence-corrected chi connectivity index (χ3v) is 3.65. The third kappa shape index (κ3) is 3.35. The number of hydrogen-bond donors (Lipinski definition) is 3. The molecule has 0 saturated heterocycles. The van der Waals surface area contributed by atoms with Crippen molar-refractivity contribution in [2.75, 3.05) is 19.0 Å². The first-order chi connectivity index (χ1) is 11.7. The maximum atomic E-state index is 12.3. The van der Waals surface area contributed by atoms with Gasteiger partial charge in [0, 0.05) is 19.0 Å². The van der Waals surface area contributed by atoms with E-state index < -0.39 is 0 Å². The van der Waals surface area contributed by atoms with E-state index in [0.717, 1.165) is 10.9 Å². The van der Waals surface area contributed by atoms with Crippen molar-refractivity contribution in [1.29, 1.82) is 0 Å². The molecule has 9 heteroatoms. The van der Waals surface area contributed by atoms with Crippen molar-refractivity contribution in [3.05, 3.63) is 36.5 Å². The van der Waals surface area contributed by atoms with E-state index in [1.165, 1.54) is 0 Å². The van der Waals surface area contributed by atoms with Gasteiger partial charge in [-0.05, 0) is 19.1 Å². The number of amides is 2. The van der Waals surface area contributed by atoms with Crippen LogP contribution < -0.4 is 10.6 Å². The normalized spacial score (nSPS) is 12.2. The number of anilines is 1. The van der Waals surface area contributed by atoms with Gasteiger partial charge < -0.3 is 19.9 Å². The minimum atomic E-state index is -0.322. The summed E-state index contributed by atoms with van der Waals surface area (Å²) in [6, 6.07) is 4.95. The molecule has 0 aliphatic carbocycles. The van der Waals surface area contributed by atoms with Crippen LogP contribution in [0, 0.1) is 0 Å². The highest BCUT2D eigenvalue weighted by Crippen LogP contribution is 2.21. The SMILES string of the molecule is COCCn1cnnc1C(C)NC(=O)Nc1cccc2[nH]ncc12. The third-order valence-electron chi connectivity index (χ3n) is 3.65. The zero-order valence-electron chi connectivity index (χ0n) is 13.5. The Labute approximate surface area is 138 Å². The summed E-state index contributed by atoms with van der Waals surface area (Å²) < 4.78 is 6.91. The van der Waals surface area contributed by atoms with Gasteiger partial charge in [0.15, 0.2) is 5.82 Å². The Morgan fingerprint density at radius 3 is 3.17 bits per heavy atom. The van der Waals surface area contributed by atoms with E-state index in [4.69, 9.17) is 4.74 Å². The number of aromatic amines is 1. The Kier molecular flexibility index (Phi) is 4.71. The summed E-state index contributed by atoms with van der Waals surface area (Å²) in [5.41, 5.74) is 1.55. The number of ether oxygens (including phenoxy) is 1. The second-order valence-corrected chi connectivity index (χ2v) is 5.33. The van der Waals surface area contributed by atoms with Gasteiger partial charge in [-0.1, -0.05) is 6.07 Å². The van der Waals surface area contributed by atoms with E-state index in [-0.39, 0.29) is 12.1 Å². The number of benzene rings is 1. The molecule has 1 unspecified atom stereocenters. The van der Waals surface area contributed by atoms with E-state index in [9.17, 15) is 4.79 Å². The highest BCUT2D eigenvalue weighted by Gasteiger charge is 2.16. The molecule has 9 nitrogen and oxygen atoms in total. The summed E-state index contributed by atoms with van der Waals surface area (Å²) >= 11 is 0. The number of fused-ring (bicyclic) bond motifs is 1. The van der Waals surface area contributed by atoms with E-state index >= 15 is 0 Å². The Bertz CT molecular complexity index is 826. The van der Waals surface area contributed by atoms with Gasteiger partial charge in [-0.25, -0.2) is 4.79 Å². The monoisotopic (exact) mass is 329 g/mol. The van der Waals surface area contributed by atoms with Crippen molar-refractivity contribution in [2.24, 2.45) is 0 Å². The maximum absolute atomic E-state index is 12.3. The van der Waals surface area contributed by atoms with Crippen LogP contribution in [0.4, 0.5) is 10.5 Å². The Morgan fingerprint density at radius 1 is 1.46 bits per heavy atom. The molecule has 0 bridgehead atoms. The number of carbonyl (C=O) groups excluding carboxylic acids is 1. The number of nitrogens with one attached hydrogen (secondary N) is 3. The van der Waals surface area contributed by atoms with Gasteiger partial charge in [-0.3, -0.25) is 5.10 Å². The first-order valence-electron chi connectivity index (χ1n) is 7.55. The summed E-state index contributed by atoms with van der Waals surface area (Å²) in [4.78, 5) is 12.3. The Hall–Kier alpha value is -2.94. The van der Waals surface area contributed by atoms with E-state index in [2.05, 4.69) is 31.0 Å². The second kappa shape index (κ2) is 7.09. The summed E-state index contributed by atoms with van der Waals surface area (Å²) in [6.07, 6.45) is 3.30. The smallest absolute Gasteiger partial charge is 0.319 e. The number of hydrogen-bond acceptors (Lipinski definition) is 5. The molecule has 0 spiro atoms. The Morgan fingerprint density at radius 2 is 2.33 bits per heavy atom. The van der Waals surface area contributed by atoms with Crippen LogP contribution in [0.3, 0.4) is 0 Å². The molecule has 3 rings (SSSR count). The van der Waals surface area contributed by atoms with Crippen LogP contribution in [-0.4, -0.2) is 44.7 Å². The van der Waals surface area contributed by atoms with Crippen LogP contribution in [0.15, 0.2) is 30.7 Å². The van der Waals surface area contributed by atoms with Crippen molar-refractivity contribution in [2.45, 2.75) is 19.5 Å². The molecule has 2 aromatic heterocycles. The van der Waals surface area contributed by atoms with Crippen molar-refractivity contribution in [1.82, 2.24) is 30.3 Å². The summed E-state index contributed by atoms with van der Waals surface area (Å²) in [6.45, 7) is 3.03. The van der Waals surface area contributed by atoms with Crippen LogP contribution in [0.5, 0.6) is 0 Å². The van der Waals surface area contributed by atoms with Gasteiger partial charge >= 0.3 is 6.03 Å². The first kappa shape index (κ1) is 15.9. The van der Waals surface area contributed by atoms with Crippen LogP contribution in [0.1, 0.15) is 18.8 Å². The average Bonchev–Trinajstić information content (AvgIpc) is 3.22. The van der Waals surface area contributed by atoms with E-state index in [0.29, 0.717) is 24.7 Å². The topological polar surface area (TPSA) is 110 Å². The molecule has 3 aromatic rings. The number of urea groups is 1. The molecule has 2 amide bonds. The molecule has 1 aromatic carbocycles. The molecule has 2 heterocycles. The standard InChI is InChI=1S/C15H19N7O2/c1-10(14-21-17-9-22(14)6-7-24-2)18-15(23)19-12-4-3-5-13-11(12)8-16-20-13/h3-5,8-10H,6-7H2,1-2H3,(H,16,20)(H2,18,19,23). The van der Waals surface area contributed by atoms with Gasteiger partial charge in [0.1, 0.15) is 6.33 Å². The molecule has 24 heavy (non-hydrogen) atoms. The number of H-pyrrole nitrogens is 1. The molecule has 0 fully saturated rings. The largest absolute Gasteiger partial charge is 0.383 e. The maximum Gasteiger partial charge on any atom is 0.319 e. The molecule has 0 radical (unpaired) electrons. The lowest BCUT2D eigenvalue weighted by Crippen LogP contribution is -2.32. The number of methoxy groups -OCH3 is 1. The summed E-state index contributed by atoms with van der Waals surface area (Å²) in [5.74, 6) is 0.670. The second-order valence-electron chi connectivity index (χ2n) is 5.33. The quantitative estimate of drug-likeness (QED) is 0.637. The minimum absolute atomic E-state index is 0.298. The van der Waals surface area contributed by atoms with Gasteiger partial charge in [-0.15, -0.1) is 10.2 Å². The highest BCUT2D eigenvalue weighted by atomic mass is 16.5. The number of rotatable bonds is 6. The zero-order valence-corrected chi connectivity index (χ0v) is 13.5. The Balaban J connectivity index is 1.66. The molecule has 3 N–H and O–H groups in total. The average molecular weight is 329 g/mol. The van der Waals surface area contributed by atoms with Crippen LogP contribution in [0.2, 0.25) is 0 Å². The van der Waals surface area contributed by atoms with Crippen molar-refractivity contribution < 1.29 is 9.53 Å². The molecular weight excluding hydrogens is 310 g/mol. The van der Waals surface area contributed by atoms with Crippen LogP contribution in [0.25, 0.3) is 10.9 Å². The predicted octanol–water partition coefficient (Wildman–Crippen LogP) is 1.68. The lowest BCUT2D eigenvalue weighted by molar-refractivity contribution is 0.185. The lowest BCUT2D eigenvalue weighted by Gasteiger charge is -2.15. The van der Waals surface area contributed by atoms with Gasteiger partial charge in [-0.2, -0.15) is 5.10 Å². The first-order valence-corrected chi connectivity index (χ1v) is 7.55. The van der Waals surface area contributed by atoms with E-state index in [1.807, 2.05) is 29.7 Å². The fraction of sp³-hybridized carbons (Fsp3) is 0.333. The molecule has 126 valence electrons. The fourth-order valence-electron chi connectivity index (χ4n) is 2.46. The van der Waals surface area contributed by atoms with Gasteiger partial charge in [0.25, 0.3) is 0 Å². The van der Waals surface area contributed by atoms with Crippen LogP contribution in [-0.2, 0) is 11.3 Å². The van der Waals surface area contributed by atoms with Crippen molar-refractivity contribution >= 4 is 22.6 Å². The molecule has 1 atom stereocenters. The minimum Gasteiger partial charge on any atom is -0.383 e. The van der Waals surface area contributed by atoms with Crippen LogP contribution >= 0.6 is 0 Å². The molecule has 0 saturated carbocycles. The highest BCUT2D eigenvalue weighted by molar-refractivity contribution is 6.00. The zero-order chi connectivity index (χ0) is 16.9. The van der Waals surface area contributed by atoms with Gasteiger partial charge in [0.05, 0.1) is 30.0 Å². The van der Waals surface area contributed by atoms with Gasteiger partial charge in [0.2, 0.25) is 0 Å². The summed E-state index contributed by atoms with van der Waals surface area (Å²) in [7, 11) is 1.63. The molecular formula is C15H19N7O2. The van der Waals surface area contributed by atoms with E-state index in [1.54, 1.807) is 19.6 Å². The number of carbonyl (C=O) groups is 1. The molecule has 0 aliphatic heterocycles. The number of nitrogens with zero attached hydrogens (tertiary/aromatic N) is 4. The predicted molar refractivity (Wildman–Crippen MR) is 88.6 cm³/mol. The fourth-order valence-corrected chi connectivity index (χ4v) is 2.46. The van der Waals surface area contributed by atoms with Crippen molar-refractivity contribution in [3.8, 4) is 0 Å². The van der Waals surface area contributed by atoms with Crippen molar-refractivity contribution in [3.63, 3.8) is 0 Å². The number of aromatic nitrogens is 5. The summed E-state index contributed by atoms with van der Waals surface area (Å²) in [5, 5.41) is 21.4. The lowest BCUT2D eigenvalue weighted by atomic mass is 10.2. The molecule has 0 aliphatic rings.